The summed E-state index contributed by atoms with van der Waals surface area (Å²) in [5, 5.41) is 0. The number of anilines is 9. The SMILES string of the molecule is Cc1ccc2c(c1)B1c3cc(-c4nc(-c5ccc6c(c5)B5c7cc(C)ccc7Oc7cccc(c75)N6c5ccc(C(C)(C)C)cc5)nc(-c5ccc6c(c5)B5c7cc(C)ccc7Oc7cccc(c75)N6c5ccc(C(C)(C)C)cc5)n4)ccc3N(c3ccc(C(C)(C)C)cc3)c3cccc(c31)O2. The molecule has 492 valence electrons. The van der Waals surface area contributed by atoms with E-state index in [0.29, 0.717) is 17.5 Å². The van der Waals surface area contributed by atoms with E-state index in [1.54, 1.807) is 0 Å². The molecule has 0 unspecified atom stereocenters. The van der Waals surface area contributed by atoms with Gasteiger partial charge in [-0.2, -0.15) is 0 Å². The smallest absolute Gasteiger partial charge is 0.256 e. The maximum atomic E-state index is 6.92. The number of nitrogens with zero attached hydrogens (tertiary/aromatic N) is 6. The van der Waals surface area contributed by atoms with Gasteiger partial charge in [0, 0.05) is 67.9 Å². The largest absolute Gasteiger partial charge is 0.458 e. The second-order valence-electron chi connectivity index (χ2n) is 31.8. The van der Waals surface area contributed by atoms with Crippen LogP contribution in [0.4, 0.5) is 51.2 Å². The van der Waals surface area contributed by atoms with E-state index >= 15 is 0 Å². The van der Waals surface area contributed by atoms with Crippen molar-refractivity contribution in [3.05, 3.63) is 270 Å². The topological polar surface area (TPSA) is 76.1 Å². The van der Waals surface area contributed by atoms with Gasteiger partial charge in [0.15, 0.2) is 17.5 Å². The number of aryl methyl sites for hydroxylation is 3. The molecule has 19 rings (SSSR count). The molecule has 0 fully saturated rings. The van der Waals surface area contributed by atoms with E-state index in [-0.39, 0.29) is 36.4 Å². The van der Waals surface area contributed by atoms with Gasteiger partial charge in [0.1, 0.15) is 34.5 Å². The molecule has 0 N–H and O–H groups in total. The molecule has 6 aliphatic heterocycles. The second kappa shape index (κ2) is 22.3. The lowest BCUT2D eigenvalue weighted by Crippen LogP contribution is -2.59. The van der Waals surface area contributed by atoms with E-state index < -0.39 is 0 Å². The number of rotatable bonds is 6. The number of fused-ring (bicyclic) bond motifs is 12. The number of ether oxygens (including phenoxy) is 3. The molecule has 12 heteroatoms. The minimum absolute atomic E-state index is 0.0205. The van der Waals surface area contributed by atoms with Crippen molar-refractivity contribution < 1.29 is 14.2 Å². The van der Waals surface area contributed by atoms with Crippen LogP contribution in [0.5, 0.6) is 34.5 Å². The van der Waals surface area contributed by atoms with Gasteiger partial charge in [0.25, 0.3) is 20.1 Å². The average Bonchev–Trinajstić information content (AvgIpc) is 0.721. The van der Waals surface area contributed by atoms with Crippen LogP contribution in [0.15, 0.2) is 237 Å². The molecule has 13 aromatic rings. The third-order valence-corrected chi connectivity index (χ3v) is 21.9. The highest BCUT2D eigenvalue weighted by atomic mass is 16.5. The molecule has 6 aliphatic rings. The van der Waals surface area contributed by atoms with Crippen molar-refractivity contribution in [2.45, 2.75) is 99.3 Å². The molecule has 1 aromatic heterocycles. The van der Waals surface area contributed by atoms with Crippen LogP contribution >= 0.6 is 0 Å². The summed E-state index contributed by atoms with van der Waals surface area (Å²) < 4.78 is 20.8. The Kier molecular flexibility index (Phi) is 13.5. The molecule has 12 aromatic carbocycles. The van der Waals surface area contributed by atoms with Crippen molar-refractivity contribution in [2.75, 3.05) is 14.7 Å². The van der Waals surface area contributed by atoms with E-state index in [2.05, 4.69) is 334 Å². The van der Waals surface area contributed by atoms with Crippen LogP contribution in [0, 0.1) is 20.8 Å². The van der Waals surface area contributed by atoms with Gasteiger partial charge in [-0.05, 0) is 230 Å². The summed E-state index contributed by atoms with van der Waals surface area (Å²) in [6.45, 7) is 26.4. The average molecular weight is 1320 g/mol. The molecule has 0 aliphatic carbocycles. The molecule has 0 bridgehead atoms. The van der Waals surface area contributed by atoms with Crippen molar-refractivity contribution in [1.29, 1.82) is 0 Å². The lowest BCUT2D eigenvalue weighted by atomic mass is 9.34. The van der Waals surface area contributed by atoms with Crippen molar-refractivity contribution in [3.8, 4) is 68.7 Å². The third-order valence-electron chi connectivity index (χ3n) is 21.9. The predicted molar refractivity (Wildman–Crippen MR) is 424 cm³/mol. The molecular formula is C90H75B3N6O3. The van der Waals surface area contributed by atoms with Crippen LogP contribution < -0.4 is 78.1 Å². The zero-order chi connectivity index (χ0) is 69.6. The zero-order valence-corrected chi connectivity index (χ0v) is 59.7. The molecule has 0 atom stereocenters. The Labute approximate surface area is 598 Å². The first-order chi connectivity index (χ1) is 49.1. The van der Waals surface area contributed by atoms with Crippen LogP contribution in [0.1, 0.15) is 95.7 Å². The Morgan fingerprint density at radius 3 is 0.804 bits per heavy atom. The monoisotopic (exact) mass is 1320 g/mol. The van der Waals surface area contributed by atoms with E-state index in [1.807, 2.05) is 0 Å². The maximum Gasteiger partial charge on any atom is 0.256 e. The minimum Gasteiger partial charge on any atom is -0.458 e. The fourth-order valence-electron chi connectivity index (χ4n) is 16.8. The Bertz CT molecular complexity index is 5150. The fraction of sp³-hybridized carbons (Fsp3) is 0.167. The third kappa shape index (κ3) is 9.72. The highest BCUT2D eigenvalue weighted by Gasteiger charge is 2.46. The Hall–Kier alpha value is -11.4. The van der Waals surface area contributed by atoms with Crippen LogP contribution in [-0.2, 0) is 16.2 Å². The van der Waals surface area contributed by atoms with E-state index in [0.717, 1.165) is 152 Å². The van der Waals surface area contributed by atoms with Crippen molar-refractivity contribution in [2.24, 2.45) is 0 Å². The Morgan fingerprint density at radius 1 is 0.265 bits per heavy atom. The second-order valence-corrected chi connectivity index (χ2v) is 31.8. The predicted octanol–water partition coefficient (Wildman–Crippen LogP) is 16.9. The number of hydrogen-bond donors (Lipinski definition) is 0. The van der Waals surface area contributed by atoms with Gasteiger partial charge in [-0.3, -0.25) is 0 Å². The van der Waals surface area contributed by atoms with Gasteiger partial charge in [0.2, 0.25) is 0 Å². The molecule has 0 saturated carbocycles. The highest BCUT2D eigenvalue weighted by Crippen LogP contribution is 2.47. The molecule has 0 saturated heterocycles. The normalized spacial score (nSPS) is 14.0. The number of benzene rings is 12. The van der Waals surface area contributed by atoms with Crippen molar-refractivity contribution in [1.82, 2.24) is 15.0 Å². The van der Waals surface area contributed by atoms with Crippen molar-refractivity contribution >= 4 is 120 Å². The summed E-state index contributed by atoms with van der Waals surface area (Å²) in [6, 6.07) is 87.0. The van der Waals surface area contributed by atoms with Gasteiger partial charge in [-0.25, -0.2) is 15.0 Å². The van der Waals surface area contributed by atoms with Crippen molar-refractivity contribution in [3.63, 3.8) is 0 Å². The molecule has 9 nitrogen and oxygen atoms in total. The van der Waals surface area contributed by atoms with E-state index in [9.17, 15) is 0 Å². The highest BCUT2D eigenvalue weighted by molar-refractivity contribution is 7.01. The summed E-state index contributed by atoms with van der Waals surface area (Å²) in [7, 11) is 0. The first-order valence-electron chi connectivity index (χ1n) is 35.8. The fourth-order valence-corrected chi connectivity index (χ4v) is 16.8. The molecule has 7 heterocycles. The maximum absolute atomic E-state index is 6.92. The van der Waals surface area contributed by atoms with Crippen LogP contribution in [0.25, 0.3) is 34.2 Å². The van der Waals surface area contributed by atoms with Gasteiger partial charge < -0.3 is 28.9 Å². The molecule has 0 radical (unpaired) electrons. The lowest BCUT2D eigenvalue weighted by molar-refractivity contribution is 0.487. The Balaban J connectivity index is 0.848. The van der Waals surface area contributed by atoms with Gasteiger partial charge in [0.05, 0.1) is 0 Å². The standard InChI is InChI=1S/C90H75B3N6O3/c1-52-22-43-76-67(46-52)91-64-49-55(25-40-70(64)97(73-16-13-19-79(100-76)82(73)91)61-34-28-58(29-35-61)88(4,5)6)85-94-86(56-26-41-71-65(50-56)92-68-47-53(2)23-44-77(68)101-80-20-14-17-74(83(80)92)98(71)62-36-30-59(31-37-62)89(7,8)9)96-87(95-85)57-27-42-72-66(51-57)93-69-48-54(3)24-45-78(69)102-81-21-15-18-75(84(81)93)99(72)63-38-32-60(33-39-63)90(10,11)12/h13-51H,1-12H3. The number of aromatic nitrogens is 3. The molecule has 102 heavy (non-hydrogen) atoms. The molecular weight excluding hydrogens is 1250 g/mol. The van der Waals surface area contributed by atoms with E-state index in [4.69, 9.17) is 29.2 Å². The summed E-state index contributed by atoms with van der Waals surface area (Å²) in [5.41, 5.74) is 29.7. The lowest BCUT2D eigenvalue weighted by Gasteiger charge is -2.40. The van der Waals surface area contributed by atoms with Crippen LogP contribution in [0.3, 0.4) is 0 Å². The first kappa shape index (κ1) is 61.7. The van der Waals surface area contributed by atoms with Crippen LogP contribution in [-0.4, -0.2) is 35.1 Å². The summed E-state index contributed by atoms with van der Waals surface area (Å²) in [4.78, 5) is 24.5. The van der Waals surface area contributed by atoms with Gasteiger partial charge >= 0.3 is 0 Å². The van der Waals surface area contributed by atoms with Crippen LogP contribution in [0.2, 0.25) is 0 Å². The Morgan fingerprint density at radius 2 is 0.539 bits per heavy atom. The van der Waals surface area contributed by atoms with Gasteiger partial charge in [-0.1, -0.05) is 188 Å². The first-order valence-corrected chi connectivity index (χ1v) is 35.8. The number of hydrogen-bond acceptors (Lipinski definition) is 9. The van der Waals surface area contributed by atoms with E-state index in [1.165, 1.54) is 33.4 Å². The zero-order valence-electron chi connectivity index (χ0n) is 59.7. The minimum atomic E-state index is -0.167. The quantitative estimate of drug-likeness (QED) is 0.151. The molecule has 0 spiro atoms. The summed E-state index contributed by atoms with van der Waals surface area (Å²) >= 11 is 0. The molecule has 0 amide bonds. The summed E-state index contributed by atoms with van der Waals surface area (Å²) in [5.74, 6) is 6.79. The van der Waals surface area contributed by atoms with Gasteiger partial charge in [-0.15, -0.1) is 0 Å². The summed E-state index contributed by atoms with van der Waals surface area (Å²) in [6.07, 6.45) is 0.